The molecule has 1 aliphatic rings. The number of rotatable bonds is 5. The molecular weight excluding hydrogens is 299 g/mol. The van der Waals surface area contributed by atoms with E-state index in [1.54, 1.807) is 12.1 Å². The van der Waals surface area contributed by atoms with E-state index in [0.29, 0.717) is 16.8 Å². The molecule has 1 aliphatic heterocycles. The molecule has 1 aromatic rings. The molecule has 1 N–H and O–H groups in total. The smallest absolute Gasteiger partial charge is 0.482 e. The molecule has 2 rings (SSSR count). The van der Waals surface area contributed by atoms with Gasteiger partial charge in [0, 0.05) is 5.56 Å². The number of carbonyl (C=O) groups is 2. The van der Waals surface area contributed by atoms with Crippen molar-refractivity contribution in [2.45, 2.75) is 45.8 Å². The van der Waals surface area contributed by atoms with E-state index in [-0.39, 0.29) is 5.78 Å². The second-order valence-corrected chi connectivity index (χ2v) is 6.58. The quantitative estimate of drug-likeness (QED) is 0.656. The summed E-state index contributed by atoms with van der Waals surface area (Å²) in [5.41, 5.74) is -0.0146. The van der Waals surface area contributed by atoms with Crippen LogP contribution in [0.2, 0.25) is 0 Å². The molecule has 0 radical (unpaired) electrons. The van der Waals surface area contributed by atoms with Gasteiger partial charge in [0.05, 0.1) is 11.2 Å². The summed E-state index contributed by atoms with van der Waals surface area (Å²) in [7, 11) is -0.660. The Balaban J connectivity index is 2.33. The first-order valence-electron chi connectivity index (χ1n) is 7.38. The van der Waals surface area contributed by atoms with E-state index >= 15 is 0 Å². The molecule has 0 unspecified atom stereocenters. The van der Waals surface area contributed by atoms with Crippen LogP contribution in [-0.2, 0) is 14.1 Å². The van der Waals surface area contributed by atoms with Crippen molar-refractivity contribution in [3.05, 3.63) is 23.8 Å². The third-order valence-electron chi connectivity index (χ3n) is 4.27. The molecular formula is C16H21BO6. The molecule has 1 fully saturated rings. The summed E-state index contributed by atoms with van der Waals surface area (Å²) in [4.78, 5) is 22.5. The molecule has 0 bridgehead atoms. The van der Waals surface area contributed by atoms with Gasteiger partial charge in [-0.15, -0.1) is 0 Å². The minimum Gasteiger partial charge on any atom is -0.482 e. The molecule has 0 atom stereocenters. The highest BCUT2D eigenvalue weighted by atomic mass is 16.7. The predicted octanol–water partition coefficient (Wildman–Crippen LogP) is 1.65. The van der Waals surface area contributed by atoms with E-state index in [0.717, 1.165) is 0 Å². The summed E-state index contributed by atoms with van der Waals surface area (Å²) >= 11 is 0. The van der Waals surface area contributed by atoms with E-state index in [1.807, 2.05) is 27.7 Å². The van der Waals surface area contributed by atoms with Gasteiger partial charge in [-0.05, 0) is 52.2 Å². The van der Waals surface area contributed by atoms with E-state index in [2.05, 4.69) is 0 Å². The number of carboxylic acids is 1. The molecule has 124 valence electrons. The van der Waals surface area contributed by atoms with Crippen LogP contribution in [0.15, 0.2) is 18.2 Å². The lowest BCUT2D eigenvalue weighted by atomic mass is 9.75. The van der Waals surface area contributed by atoms with Gasteiger partial charge in [-0.2, -0.15) is 0 Å². The zero-order valence-corrected chi connectivity index (χ0v) is 14.0. The zero-order valence-electron chi connectivity index (χ0n) is 14.0. The Hall–Kier alpha value is -1.86. The summed E-state index contributed by atoms with van der Waals surface area (Å²) in [6, 6.07) is 4.80. The highest BCUT2D eigenvalue weighted by Gasteiger charge is 2.52. The van der Waals surface area contributed by atoms with Gasteiger partial charge >= 0.3 is 13.1 Å². The van der Waals surface area contributed by atoms with Crippen molar-refractivity contribution < 1.29 is 28.7 Å². The number of carbonyl (C=O) groups excluding carboxylic acids is 1. The predicted molar refractivity (Wildman–Crippen MR) is 85.3 cm³/mol. The highest BCUT2D eigenvalue weighted by Crippen LogP contribution is 2.36. The van der Waals surface area contributed by atoms with Gasteiger partial charge in [-0.3, -0.25) is 4.79 Å². The van der Waals surface area contributed by atoms with Gasteiger partial charge in [0.1, 0.15) is 5.75 Å². The zero-order chi connectivity index (χ0) is 17.4. The summed E-state index contributed by atoms with van der Waals surface area (Å²) in [5, 5.41) is 8.66. The van der Waals surface area contributed by atoms with Crippen LogP contribution < -0.4 is 10.2 Å². The number of hydrogen-bond acceptors (Lipinski definition) is 5. The van der Waals surface area contributed by atoms with E-state index < -0.39 is 30.9 Å². The fourth-order valence-corrected chi connectivity index (χ4v) is 2.25. The third-order valence-corrected chi connectivity index (χ3v) is 4.27. The molecule has 1 saturated heterocycles. The Bertz CT molecular complexity index is 621. The average molecular weight is 320 g/mol. The van der Waals surface area contributed by atoms with Gasteiger partial charge in [0.25, 0.3) is 0 Å². The Kier molecular flexibility index (Phi) is 4.55. The molecule has 0 amide bonds. The second-order valence-electron chi connectivity index (χ2n) is 6.58. The minimum atomic E-state index is -1.08. The van der Waals surface area contributed by atoms with Gasteiger partial charge in [0.2, 0.25) is 0 Å². The maximum Gasteiger partial charge on any atom is 0.495 e. The Morgan fingerprint density at radius 1 is 1.17 bits per heavy atom. The van der Waals surface area contributed by atoms with Crippen LogP contribution >= 0.6 is 0 Å². The molecule has 7 heteroatoms. The van der Waals surface area contributed by atoms with Gasteiger partial charge in [-0.1, -0.05) is 6.07 Å². The number of ketones is 1. The normalized spacial score (nSPS) is 18.7. The van der Waals surface area contributed by atoms with Gasteiger partial charge in [0.15, 0.2) is 12.4 Å². The molecule has 1 heterocycles. The maximum absolute atomic E-state index is 12.0. The molecule has 0 aromatic heterocycles. The summed E-state index contributed by atoms with van der Waals surface area (Å²) in [6.45, 7) is 8.71. The largest absolute Gasteiger partial charge is 0.495 e. The summed E-state index contributed by atoms with van der Waals surface area (Å²) in [6.07, 6.45) is 0. The molecule has 23 heavy (non-hydrogen) atoms. The van der Waals surface area contributed by atoms with E-state index in [4.69, 9.17) is 19.2 Å². The number of carboxylic acid groups (broad SMARTS) is 1. The van der Waals surface area contributed by atoms with Crippen LogP contribution in [0.3, 0.4) is 0 Å². The summed E-state index contributed by atoms with van der Waals surface area (Å²) < 4.78 is 17.1. The SMILES string of the molecule is CC(=O)c1cc(OCC(=O)O)ccc1B1OC(C)(C)C(C)(C)O1. The lowest BCUT2D eigenvalue weighted by molar-refractivity contribution is -0.139. The van der Waals surface area contributed by atoms with Crippen LogP contribution in [-0.4, -0.2) is 41.8 Å². The number of hydrogen-bond donors (Lipinski definition) is 1. The average Bonchev–Trinajstić information content (AvgIpc) is 2.64. The van der Waals surface area contributed by atoms with Crippen molar-refractivity contribution in [2.24, 2.45) is 0 Å². The standard InChI is InChI=1S/C16H21BO6/c1-10(18)12-8-11(21-9-14(19)20)6-7-13(12)17-22-15(2,3)16(4,5)23-17/h6-8H,9H2,1-5H3,(H,19,20). The number of aliphatic carboxylic acids is 1. The van der Waals surface area contributed by atoms with Crippen molar-refractivity contribution in [3.8, 4) is 5.75 Å². The lowest BCUT2D eigenvalue weighted by Crippen LogP contribution is -2.41. The van der Waals surface area contributed by atoms with Crippen LogP contribution in [0.25, 0.3) is 0 Å². The fraction of sp³-hybridized carbons (Fsp3) is 0.500. The first-order valence-corrected chi connectivity index (χ1v) is 7.38. The van der Waals surface area contributed by atoms with Crippen molar-refractivity contribution in [2.75, 3.05) is 6.61 Å². The second kappa shape index (κ2) is 5.98. The van der Waals surface area contributed by atoms with E-state index in [9.17, 15) is 9.59 Å². The molecule has 0 spiro atoms. The van der Waals surface area contributed by atoms with Crippen LogP contribution in [0, 0.1) is 0 Å². The van der Waals surface area contributed by atoms with E-state index in [1.165, 1.54) is 13.0 Å². The lowest BCUT2D eigenvalue weighted by Gasteiger charge is -2.32. The van der Waals surface area contributed by atoms with Crippen molar-refractivity contribution >= 4 is 24.3 Å². The van der Waals surface area contributed by atoms with Gasteiger partial charge in [-0.25, -0.2) is 4.79 Å². The summed E-state index contributed by atoms with van der Waals surface area (Å²) in [5.74, 6) is -0.933. The first kappa shape index (κ1) is 17.5. The van der Waals surface area contributed by atoms with Crippen molar-refractivity contribution in [1.82, 2.24) is 0 Å². The third kappa shape index (κ3) is 3.56. The molecule has 1 aromatic carbocycles. The van der Waals surface area contributed by atoms with Crippen LogP contribution in [0.1, 0.15) is 45.0 Å². The topological polar surface area (TPSA) is 82.1 Å². The minimum absolute atomic E-state index is 0.171. The Morgan fingerprint density at radius 3 is 2.22 bits per heavy atom. The van der Waals surface area contributed by atoms with Gasteiger partial charge < -0.3 is 19.2 Å². The monoisotopic (exact) mass is 320 g/mol. The maximum atomic E-state index is 12.0. The number of Topliss-reactive ketones (excluding diaryl/α,β-unsaturated/α-hetero) is 1. The number of ether oxygens (including phenoxy) is 1. The fourth-order valence-electron chi connectivity index (χ4n) is 2.25. The molecule has 0 aliphatic carbocycles. The van der Waals surface area contributed by atoms with Crippen molar-refractivity contribution in [3.63, 3.8) is 0 Å². The van der Waals surface area contributed by atoms with Crippen LogP contribution in [0.4, 0.5) is 0 Å². The molecule has 6 nitrogen and oxygen atoms in total. The number of benzene rings is 1. The molecule has 0 saturated carbocycles. The Morgan fingerprint density at radius 2 is 1.74 bits per heavy atom. The Labute approximate surface area is 135 Å². The first-order chi connectivity index (χ1) is 10.5. The van der Waals surface area contributed by atoms with Crippen LogP contribution in [0.5, 0.6) is 5.75 Å². The van der Waals surface area contributed by atoms with Crippen molar-refractivity contribution in [1.29, 1.82) is 0 Å². The highest BCUT2D eigenvalue weighted by molar-refractivity contribution is 6.63.